The minimum absolute atomic E-state index is 0.0391. The van der Waals surface area contributed by atoms with Crippen molar-refractivity contribution < 1.29 is 9.53 Å². The Bertz CT molecular complexity index is 1140. The van der Waals surface area contributed by atoms with Crippen LogP contribution in [0.25, 0.3) is 4.85 Å². The van der Waals surface area contributed by atoms with Crippen molar-refractivity contribution in [2.24, 2.45) is 0 Å². The van der Waals surface area contributed by atoms with Gasteiger partial charge in [0.15, 0.2) is 0 Å². The summed E-state index contributed by atoms with van der Waals surface area (Å²) < 4.78 is 5.72. The molecule has 0 bridgehead atoms. The number of anilines is 2. The van der Waals surface area contributed by atoms with Crippen LogP contribution in [0.3, 0.4) is 0 Å². The number of nitrogens with two attached hydrogens (primary N) is 1. The van der Waals surface area contributed by atoms with Crippen LogP contribution in [0.1, 0.15) is 94.0 Å². The number of rotatable bonds is 22. The molecule has 1 aromatic heterocycles. The summed E-state index contributed by atoms with van der Waals surface area (Å²) in [6, 6.07) is 6.32. The van der Waals surface area contributed by atoms with E-state index in [1.165, 1.54) is 0 Å². The third kappa shape index (κ3) is 13.3. The zero-order chi connectivity index (χ0) is 31.5. The molecule has 0 aliphatic heterocycles. The molecule has 0 aliphatic rings. The number of aromatic nitrogens is 2. The molecule has 10 heteroatoms. The molecular weight excluding hydrogens is 577 g/mol. The average molecular weight is 629 g/mol. The number of amides is 1. The van der Waals surface area contributed by atoms with Crippen LogP contribution >= 0.6 is 23.5 Å². The van der Waals surface area contributed by atoms with Crippen molar-refractivity contribution >= 4 is 41.2 Å². The Kier molecular flexibility index (Phi) is 18.0. The maximum absolute atomic E-state index is 13.2. The highest BCUT2D eigenvalue weighted by Crippen LogP contribution is 2.30. The van der Waals surface area contributed by atoms with Crippen LogP contribution in [0.5, 0.6) is 5.75 Å². The van der Waals surface area contributed by atoms with Crippen LogP contribution in [0.15, 0.2) is 18.2 Å². The number of unbranched alkanes of at least 4 members (excludes halogenated alkanes) is 2. The standard InChI is InChI=1S/C33H52N6O2S2/c1-7-9-11-26(17-19-42-5)36-31(40)16-14-29-28(22-25-21-24(23-35-3)13-15-30(25)41-4)32(39-33(34)38-29)37-27(12-10-8-2)18-20-43-6/h13,15,21,26-27H,7-12,14,16-20,22-23H2,1-2,4-6H3,(H,36,40)(H3,34,37,38,39)/t26-,27-/m0/s1. The zero-order valence-corrected chi connectivity index (χ0v) is 28.5. The second-order valence-corrected chi connectivity index (χ2v) is 12.9. The molecule has 0 unspecified atom stereocenters. The lowest BCUT2D eigenvalue weighted by molar-refractivity contribution is -0.121. The van der Waals surface area contributed by atoms with E-state index in [0.29, 0.717) is 25.8 Å². The van der Waals surface area contributed by atoms with Crippen molar-refractivity contribution in [3.05, 3.63) is 52.0 Å². The number of methoxy groups -OCH3 is 1. The fourth-order valence-electron chi connectivity index (χ4n) is 5.14. The first-order chi connectivity index (χ1) is 20.9. The van der Waals surface area contributed by atoms with Crippen molar-refractivity contribution in [2.75, 3.05) is 42.2 Å². The summed E-state index contributed by atoms with van der Waals surface area (Å²) in [4.78, 5) is 26.1. The molecule has 43 heavy (non-hydrogen) atoms. The number of nitrogen functional groups attached to an aromatic ring is 1. The number of benzene rings is 1. The van der Waals surface area contributed by atoms with E-state index in [2.05, 4.69) is 46.8 Å². The molecule has 0 spiro atoms. The molecule has 0 aliphatic carbocycles. The number of hydrogen-bond donors (Lipinski definition) is 3. The van der Waals surface area contributed by atoms with Crippen molar-refractivity contribution in [1.29, 1.82) is 0 Å². The van der Waals surface area contributed by atoms with E-state index in [-0.39, 0.29) is 23.9 Å². The first-order valence-corrected chi connectivity index (χ1v) is 18.4. The number of carbonyl (C=O) groups excluding carboxylic acids is 1. The van der Waals surface area contributed by atoms with E-state index >= 15 is 0 Å². The number of ether oxygens (including phenoxy) is 1. The minimum atomic E-state index is 0.0391. The van der Waals surface area contributed by atoms with E-state index in [1.807, 2.05) is 41.7 Å². The van der Waals surface area contributed by atoms with Crippen molar-refractivity contribution in [3.8, 4) is 5.75 Å². The lowest BCUT2D eigenvalue weighted by Gasteiger charge is -2.23. The van der Waals surface area contributed by atoms with E-state index < -0.39 is 0 Å². The summed E-state index contributed by atoms with van der Waals surface area (Å²) in [6.45, 7) is 12.0. The van der Waals surface area contributed by atoms with Gasteiger partial charge in [0, 0.05) is 36.1 Å². The van der Waals surface area contributed by atoms with Crippen LogP contribution < -0.4 is 21.1 Å². The van der Waals surface area contributed by atoms with Crippen LogP contribution in [0, 0.1) is 6.57 Å². The van der Waals surface area contributed by atoms with Gasteiger partial charge >= 0.3 is 0 Å². The van der Waals surface area contributed by atoms with E-state index in [4.69, 9.17) is 22.0 Å². The van der Waals surface area contributed by atoms with Crippen LogP contribution in [-0.4, -0.2) is 59.1 Å². The Morgan fingerprint density at radius 3 is 2.35 bits per heavy atom. The Balaban J connectivity index is 2.44. The smallest absolute Gasteiger partial charge is 0.239 e. The molecule has 1 heterocycles. The molecule has 0 radical (unpaired) electrons. The van der Waals surface area contributed by atoms with Gasteiger partial charge in [-0.2, -0.15) is 28.5 Å². The van der Waals surface area contributed by atoms with E-state index in [9.17, 15) is 4.79 Å². The lowest BCUT2D eigenvalue weighted by Crippen LogP contribution is -2.35. The lowest BCUT2D eigenvalue weighted by atomic mass is 9.98. The molecule has 1 aromatic carbocycles. The predicted molar refractivity (Wildman–Crippen MR) is 185 cm³/mol. The quantitative estimate of drug-likeness (QED) is 0.118. The second-order valence-electron chi connectivity index (χ2n) is 10.9. The molecule has 0 fully saturated rings. The van der Waals surface area contributed by atoms with Gasteiger partial charge in [0.25, 0.3) is 0 Å². The van der Waals surface area contributed by atoms with Crippen molar-refractivity contribution in [3.63, 3.8) is 0 Å². The molecule has 238 valence electrons. The fraction of sp³-hybridized carbons (Fsp3) is 0.636. The predicted octanol–water partition coefficient (Wildman–Crippen LogP) is 7.16. The summed E-state index contributed by atoms with van der Waals surface area (Å²) in [6.07, 6.45) is 14.0. The Morgan fingerprint density at radius 2 is 1.72 bits per heavy atom. The summed E-state index contributed by atoms with van der Waals surface area (Å²) in [7, 11) is 1.66. The van der Waals surface area contributed by atoms with Gasteiger partial charge in [0.05, 0.1) is 12.8 Å². The molecule has 2 aromatic rings. The van der Waals surface area contributed by atoms with Gasteiger partial charge in [-0.05, 0) is 79.9 Å². The van der Waals surface area contributed by atoms with Crippen LogP contribution in [-0.2, 0) is 24.2 Å². The Hall–Kier alpha value is -2.64. The van der Waals surface area contributed by atoms with E-state index in [0.717, 1.165) is 96.8 Å². The topological polar surface area (TPSA) is 107 Å². The highest BCUT2D eigenvalue weighted by Gasteiger charge is 2.21. The van der Waals surface area contributed by atoms with Crippen LogP contribution in [0.4, 0.5) is 11.8 Å². The van der Waals surface area contributed by atoms with Crippen molar-refractivity contribution in [1.82, 2.24) is 15.3 Å². The van der Waals surface area contributed by atoms with Gasteiger partial charge in [0.1, 0.15) is 11.6 Å². The number of aryl methyl sites for hydroxylation is 1. The highest BCUT2D eigenvalue weighted by molar-refractivity contribution is 7.98. The number of hydrogen-bond acceptors (Lipinski definition) is 8. The molecule has 2 atom stereocenters. The molecule has 0 saturated heterocycles. The maximum Gasteiger partial charge on any atom is 0.239 e. The summed E-state index contributed by atoms with van der Waals surface area (Å²) in [5.74, 6) is 3.79. The first kappa shape index (κ1) is 36.6. The monoisotopic (exact) mass is 628 g/mol. The molecule has 0 saturated carbocycles. The van der Waals surface area contributed by atoms with Gasteiger partial charge in [-0.3, -0.25) is 4.79 Å². The zero-order valence-electron chi connectivity index (χ0n) is 26.8. The van der Waals surface area contributed by atoms with Gasteiger partial charge in [0.2, 0.25) is 18.4 Å². The molecule has 1 amide bonds. The molecule has 4 N–H and O–H groups in total. The van der Waals surface area contributed by atoms with Crippen molar-refractivity contribution in [2.45, 2.75) is 103 Å². The largest absolute Gasteiger partial charge is 0.496 e. The normalized spacial score (nSPS) is 12.4. The first-order valence-electron chi connectivity index (χ1n) is 15.6. The van der Waals surface area contributed by atoms with E-state index in [1.54, 1.807) is 7.11 Å². The minimum Gasteiger partial charge on any atom is -0.496 e. The summed E-state index contributed by atoms with van der Waals surface area (Å²) in [5.41, 5.74) is 9.88. The molecular formula is C33H52N6O2S2. The third-order valence-corrected chi connectivity index (χ3v) is 8.82. The van der Waals surface area contributed by atoms with Gasteiger partial charge in [-0.25, -0.2) is 11.6 Å². The van der Waals surface area contributed by atoms with Crippen LogP contribution in [0.2, 0.25) is 0 Å². The van der Waals surface area contributed by atoms with Gasteiger partial charge in [-0.1, -0.05) is 39.5 Å². The average Bonchev–Trinajstić information content (AvgIpc) is 3.00. The maximum atomic E-state index is 13.2. The second kappa shape index (κ2) is 21.1. The van der Waals surface area contributed by atoms with Gasteiger partial charge < -0.3 is 25.9 Å². The summed E-state index contributed by atoms with van der Waals surface area (Å²) >= 11 is 3.65. The summed E-state index contributed by atoms with van der Waals surface area (Å²) in [5, 5.41) is 7.01. The SMILES string of the molecule is [C-]#[N+]Cc1ccc(OC)c(Cc2c(CCC(=O)N[C@@H](CCCC)CCSC)nc(N)nc2N[C@@H](CCCC)CCSC)c1. The molecule has 2 rings (SSSR count). The highest BCUT2D eigenvalue weighted by atomic mass is 32.2. The number of nitrogens with zero attached hydrogens (tertiary/aromatic N) is 3. The third-order valence-electron chi connectivity index (χ3n) is 7.53. The Morgan fingerprint density at radius 1 is 1.05 bits per heavy atom. The molecule has 8 nitrogen and oxygen atoms in total. The Labute approximate surface area is 268 Å². The number of carbonyl (C=O) groups is 1. The fourth-order valence-corrected chi connectivity index (χ4v) is 6.18. The number of thioether (sulfide) groups is 2. The van der Waals surface area contributed by atoms with Gasteiger partial charge in [-0.15, -0.1) is 0 Å². The number of nitrogens with one attached hydrogen (secondary N) is 2.